The summed E-state index contributed by atoms with van der Waals surface area (Å²) < 4.78 is 0. The minimum atomic E-state index is -0.495. The van der Waals surface area contributed by atoms with Crippen molar-refractivity contribution in [1.82, 2.24) is 5.32 Å². The second kappa shape index (κ2) is 6.27. The summed E-state index contributed by atoms with van der Waals surface area (Å²) >= 11 is 6.37. The van der Waals surface area contributed by atoms with Gasteiger partial charge >= 0.3 is 0 Å². The molecule has 0 aliphatic rings. The van der Waals surface area contributed by atoms with Gasteiger partial charge in [-0.15, -0.1) is 11.3 Å². The van der Waals surface area contributed by atoms with E-state index in [1.807, 2.05) is 5.38 Å². The highest BCUT2D eigenvalue weighted by Gasteiger charge is 2.08. The number of primary amides is 1. The molecule has 2 amide bonds. The monoisotopic (exact) mass is 305 g/mol. The highest BCUT2D eigenvalue weighted by molar-refractivity contribution is 7.80. The fourth-order valence-corrected chi connectivity index (χ4v) is 2.28. The molecule has 0 unspecified atom stereocenters. The van der Waals surface area contributed by atoms with E-state index in [2.05, 4.69) is 10.6 Å². The molecule has 2 aromatic rings. The summed E-state index contributed by atoms with van der Waals surface area (Å²) in [5.41, 5.74) is 6.21. The number of carbonyl (C=O) groups is 2. The third-order valence-corrected chi connectivity index (χ3v) is 3.47. The average molecular weight is 305 g/mol. The van der Waals surface area contributed by atoms with E-state index in [0.29, 0.717) is 16.1 Å². The van der Waals surface area contributed by atoms with Crippen molar-refractivity contribution in [2.75, 3.05) is 5.32 Å². The number of nitrogens with two attached hydrogens (primary N) is 1. The number of anilines is 1. The van der Waals surface area contributed by atoms with Gasteiger partial charge in [0.25, 0.3) is 5.91 Å². The molecular formula is C13H11N3O2S2. The first-order chi connectivity index (χ1) is 9.56. The zero-order chi connectivity index (χ0) is 14.5. The van der Waals surface area contributed by atoms with E-state index >= 15 is 0 Å². The largest absolute Gasteiger partial charge is 0.366 e. The molecule has 1 heterocycles. The van der Waals surface area contributed by atoms with Crippen LogP contribution in [0.4, 0.5) is 5.69 Å². The van der Waals surface area contributed by atoms with Crippen LogP contribution in [0, 0.1) is 0 Å². The molecule has 1 aromatic carbocycles. The topological polar surface area (TPSA) is 84.2 Å². The molecule has 0 spiro atoms. The third-order valence-electron chi connectivity index (χ3n) is 2.40. The van der Waals surface area contributed by atoms with Crippen molar-refractivity contribution < 1.29 is 9.59 Å². The molecule has 0 saturated carbocycles. The van der Waals surface area contributed by atoms with E-state index in [0.717, 1.165) is 0 Å². The van der Waals surface area contributed by atoms with Crippen LogP contribution in [0.25, 0.3) is 0 Å². The zero-order valence-electron chi connectivity index (χ0n) is 10.3. The van der Waals surface area contributed by atoms with Crippen LogP contribution >= 0.6 is 23.6 Å². The van der Waals surface area contributed by atoms with Gasteiger partial charge in [0, 0.05) is 11.3 Å². The second-order valence-electron chi connectivity index (χ2n) is 3.83. The fraction of sp³-hybridized carbons (Fsp3) is 0. The summed E-state index contributed by atoms with van der Waals surface area (Å²) in [5, 5.41) is 7.42. The lowest BCUT2D eigenvalue weighted by Crippen LogP contribution is -2.33. The number of hydrogen-bond donors (Lipinski definition) is 3. The van der Waals surface area contributed by atoms with Gasteiger partial charge in [0.2, 0.25) is 5.91 Å². The highest BCUT2D eigenvalue weighted by atomic mass is 32.1. The maximum Gasteiger partial charge on any atom is 0.267 e. The van der Waals surface area contributed by atoms with E-state index in [4.69, 9.17) is 18.0 Å². The SMILES string of the molecule is NC(=O)c1ccc(NC(=S)NC(=O)c2cccs2)cc1. The van der Waals surface area contributed by atoms with Gasteiger partial charge in [-0.1, -0.05) is 6.07 Å². The van der Waals surface area contributed by atoms with Crippen LogP contribution in [0.15, 0.2) is 41.8 Å². The van der Waals surface area contributed by atoms with Crippen molar-refractivity contribution in [2.24, 2.45) is 5.73 Å². The zero-order valence-corrected chi connectivity index (χ0v) is 11.9. The van der Waals surface area contributed by atoms with Crippen LogP contribution in [0.1, 0.15) is 20.0 Å². The fourth-order valence-electron chi connectivity index (χ4n) is 1.45. The smallest absolute Gasteiger partial charge is 0.267 e. The van der Waals surface area contributed by atoms with Gasteiger partial charge in [0.05, 0.1) is 4.88 Å². The van der Waals surface area contributed by atoms with Gasteiger partial charge in [-0.3, -0.25) is 14.9 Å². The van der Waals surface area contributed by atoms with Gasteiger partial charge in [0.1, 0.15) is 0 Å². The highest BCUT2D eigenvalue weighted by Crippen LogP contribution is 2.10. The first-order valence-corrected chi connectivity index (χ1v) is 6.91. The van der Waals surface area contributed by atoms with Crippen LogP contribution in [-0.4, -0.2) is 16.9 Å². The molecule has 4 N–H and O–H groups in total. The molecule has 5 nitrogen and oxygen atoms in total. The molecule has 1 aromatic heterocycles. The van der Waals surface area contributed by atoms with E-state index < -0.39 is 5.91 Å². The Morgan fingerprint density at radius 2 is 1.85 bits per heavy atom. The Bertz CT molecular complexity index is 636. The molecule has 2 rings (SSSR count). The molecule has 102 valence electrons. The molecule has 0 saturated heterocycles. The first-order valence-electron chi connectivity index (χ1n) is 5.62. The summed E-state index contributed by atoms with van der Waals surface area (Å²) in [6, 6.07) is 9.97. The summed E-state index contributed by atoms with van der Waals surface area (Å²) in [5.74, 6) is -0.753. The van der Waals surface area contributed by atoms with E-state index in [-0.39, 0.29) is 11.0 Å². The standard InChI is InChI=1S/C13H11N3O2S2/c14-11(17)8-3-5-9(6-4-8)15-13(19)16-12(18)10-2-1-7-20-10/h1-7H,(H2,14,17)(H2,15,16,18,19). The van der Waals surface area contributed by atoms with Crippen LogP contribution in [-0.2, 0) is 0 Å². The molecule has 20 heavy (non-hydrogen) atoms. The molecule has 0 bridgehead atoms. The number of rotatable bonds is 3. The number of hydrogen-bond acceptors (Lipinski definition) is 4. The lowest BCUT2D eigenvalue weighted by atomic mass is 10.2. The molecule has 0 aliphatic carbocycles. The normalized spacial score (nSPS) is 9.80. The number of thiocarbonyl (C=S) groups is 1. The van der Waals surface area contributed by atoms with Crippen LogP contribution in [0.3, 0.4) is 0 Å². The Hall–Kier alpha value is -2.25. The maximum atomic E-state index is 11.8. The van der Waals surface area contributed by atoms with Gasteiger partial charge in [0.15, 0.2) is 5.11 Å². The van der Waals surface area contributed by atoms with Crippen LogP contribution < -0.4 is 16.4 Å². The van der Waals surface area contributed by atoms with Gasteiger partial charge in [-0.2, -0.15) is 0 Å². The maximum absolute atomic E-state index is 11.8. The Morgan fingerprint density at radius 3 is 2.40 bits per heavy atom. The number of amides is 2. The van der Waals surface area contributed by atoms with E-state index in [1.54, 1.807) is 36.4 Å². The van der Waals surface area contributed by atoms with Crippen molar-refractivity contribution in [3.8, 4) is 0 Å². The van der Waals surface area contributed by atoms with Crippen LogP contribution in [0.5, 0.6) is 0 Å². The molecule has 0 fully saturated rings. The predicted octanol–water partition coefficient (Wildman–Crippen LogP) is 1.97. The Kier molecular flexibility index (Phi) is 4.44. The summed E-state index contributed by atoms with van der Waals surface area (Å²) in [6.45, 7) is 0. The van der Waals surface area contributed by atoms with Gasteiger partial charge < -0.3 is 11.1 Å². The summed E-state index contributed by atoms with van der Waals surface area (Å²) in [7, 11) is 0. The Labute approximate surface area is 124 Å². The van der Waals surface area contributed by atoms with Gasteiger partial charge in [-0.25, -0.2) is 0 Å². The molecule has 0 atom stereocenters. The summed E-state index contributed by atoms with van der Waals surface area (Å²) in [4.78, 5) is 23.3. The second-order valence-corrected chi connectivity index (χ2v) is 5.18. The van der Waals surface area contributed by atoms with Crippen LogP contribution in [0.2, 0.25) is 0 Å². The number of benzene rings is 1. The summed E-state index contributed by atoms with van der Waals surface area (Å²) in [6.07, 6.45) is 0. The van der Waals surface area contributed by atoms with E-state index in [9.17, 15) is 9.59 Å². The quantitative estimate of drug-likeness (QED) is 0.757. The van der Waals surface area contributed by atoms with E-state index in [1.165, 1.54) is 11.3 Å². The molecule has 7 heteroatoms. The van der Waals surface area contributed by atoms with Crippen molar-refractivity contribution in [3.05, 3.63) is 52.2 Å². The Morgan fingerprint density at radius 1 is 1.15 bits per heavy atom. The van der Waals surface area contributed by atoms with Crippen molar-refractivity contribution in [2.45, 2.75) is 0 Å². The number of thiophene rings is 1. The Balaban J connectivity index is 1.94. The van der Waals surface area contributed by atoms with Crippen molar-refractivity contribution in [1.29, 1.82) is 0 Å². The molecule has 0 aliphatic heterocycles. The van der Waals surface area contributed by atoms with Crippen molar-refractivity contribution >= 4 is 46.2 Å². The predicted molar refractivity (Wildman–Crippen MR) is 83.0 cm³/mol. The number of nitrogens with one attached hydrogen (secondary N) is 2. The lowest BCUT2D eigenvalue weighted by Gasteiger charge is -2.09. The number of carbonyl (C=O) groups excluding carboxylic acids is 2. The minimum Gasteiger partial charge on any atom is -0.366 e. The molecular weight excluding hydrogens is 294 g/mol. The van der Waals surface area contributed by atoms with Gasteiger partial charge in [-0.05, 0) is 47.9 Å². The lowest BCUT2D eigenvalue weighted by molar-refractivity contribution is 0.0978. The first kappa shape index (κ1) is 14.2. The van der Waals surface area contributed by atoms with Crippen molar-refractivity contribution in [3.63, 3.8) is 0 Å². The minimum absolute atomic E-state index is 0.190. The average Bonchev–Trinajstić information content (AvgIpc) is 2.93. The molecule has 0 radical (unpaired) electrons. The third kappa shape index (κ3) is 3.62.